The maximum atomic E-state index is 8.89. The van der Waals surface area contributed by atoms with Gasteiger partial charge in [0.1, 0.15) is 5.52 Å². The van der Waals surface area contributed by atoms with Crippen molar-refractivity contribution >= 4 is 11.2 Å². The van der Waals surface area contributed by atoms with Crippen molar-refractivity contribution in [2.45, 2.75) is 6.04 Å². The van der Waals surface area contributed by atoms with Crippen molar-refractivity contribution in [3.8, 4) is 0 Å². The van der Waals surface area contributed by atoms with Crippen molar-refractivity contribution < 1.29 is 5.11 Å². The molecule has 74 valence electrons. The van der Waals surface area contributed by atoms with Crippen LogP contribution >= 0.6 is 0 Å². The zero-order valence-electron chi connectivity index (χ0n) is 7.88. The van der Waals surface area contributed by atoms with E-state index in [1.54, 1.807) is 12.5 Å². The Hall–Kier alpha value is -1.46. The lowest BCUT2D eigenvalue weighted by atomic mass is 10.1. The Bertz CT molecular complexity index is 451. The van der Waals surface area contributed by atoms with Gasteiger partial charge in [0, 0.05) is 13.2 Å². The minimum atomic E-state index is -0.381. The lowest BCUT2D eigenvalue weighted by Gasteiger charge is -2.06. The van der Waals surface area contributed by atoms with Crippen LogP contribution in [0.1, 0.15) is 11.6 Å². The van der Waals surface area contributed by atoms with Gasteiger partial charge in [0.05, 0.1) is 19.0 Å². The van der Waals surface area contributed by atoms with Gasteiger partial charge < -0.3 is 15.4 Å². The molecule has 5 nitrogen and oxygen atoms in total. The molecule has 0 saturated heterocycles. The summed E-state index contributed by atoms with van der Waals surface area (Å²) in [4.78, 5) is 8.38. The summed E-state index contributed by atoms with van der Waals surface area (Å²) in [6.07, 6.45) is 3.37. The summed E-state index contributed by atoms with van der Waals surface area (Å²) in [6, 6.07) is 1.47. The van der Waals surface area contributed by atoms with Gasteiger partial charge in [-0.25, -0.2) is 9.97 Å². The fraction of sp³-hybridized carbons (Fsp3) is 0.333. The zero-order valence-corrected chi connectivity index (χ0v) is 7.88. The van der Waals surface area contributed by atoms with Crippen LogP contribution in [0.5, 0.6) is 0 Å². The first-order chi connectivity index (χ1) is 6.72. The van der Waals surface area contributed by atoms with Crippen LogP contribution in [-0.4, -0.2) is 26.2 Å². The van der Waals surface area contributed by atoms with E-state index >= 15 is 0 Å². The van der Waals surface area contributed by atoms with E-state index in [4.69, 9.17) is 10.8 Å². The number of aromatic nitrogens is 3. The minimum Gasteiger partial charge on any atom is -0.394 e. The third kappa shape index (κ3) is 1.36. The third-order valence-corrected chi connectivity index (χ3v) is 2.20. The highest BCUT2D eigenvalue weighted by molar-refractivity contribution is 5.71. The lowest BCUT2D eigenvalue weighted by molar-refractivity contribution is 0.268. The van der Waals surface area contributed by atoms with Crippen LogP contribution in [0.15, 0.2) is 18.6 Å². The summed E-state index contributed by atoms with van der Waals surface area (Å²) < 4.78 is 1.84. The molecule has 2 heterocycles. The Balaban J connectivity index is 2.52. The number of fused-ring (bicyclic) bond motifs is 1. The Morgan fingerprint density at radius 2 is 2.36 bits per heavy atom. The monoisotopic (exact) mass is 192 g/mol. The van der Waals surface area contributed by atoms with E-state index in [1.807, 2.05) is 17.7 Å². The lowest BCUT2D eigenvalue weighted by Crippen LogP contribution is -2.14. The number of hydrogen-bond acceptors (Lipinski definition) is 4. The molecule has 0 bridgehead atoms. The molecule has 0 saturated carbocycles. The average molecular weight is 192 g/mol. The van der Waals surface area contributed by atoms with E-state index in [0.29, 0.717) is 0 Å². The highest BCUT2D eigenvalue weighted by atomic mass is 16.3. The predicted octanol–water partition coefficient (Wildman–Crippen LogP) is -0.0396. The molecule has 3 N–H and O–H groups in total. The van der Waals surface area contributed by atoms with Crippen molar-refractivity contribution in [3.05, 3.63) is 24.2 Å². The fourth-order valence-electron chi connectivity index (χ4n) is 1.34. The number of imidazole rings is 1. The molecule has 14 heavy (non-hydrogen) atoms. The Morgan fingerprint density at radius 1 is 1.57 bits per heavy atom. The molecule has 0 aliphatic rings. The van der Waals surface area contributed by atoms with Gasteiger partial charge in [0.2, 0.25) is 0 Å². The van der Waals surface area contributed by atoms with Crippen molar-refractivity contribution in [3.63, 3.8) is 0 Å². The first kappa shape index (κ1) is 9.11. The first-order valence-corrected chi connectivity index (χ1v) is 4.36. The van der Waals surface area contributed by atoms with Crippen molar-refractivity contribution in [2.24, 2.45) is 12.8 Å². The zero-order chi connectivity index (χ0) is 10.1. The van der Waals surface area contributed by atoms with Crippen LogP contribution in [0, 0.1) is 0 Å². The van der Waals surface area contributed by atoms with E-state index in [0.717, 1.165) is 16.7 Å². The van der Waals surface area contributed by atoms with Gasteiger partial charge in [-0.1, -0.05) is 0 Å². The molecule has 2 aromatic rings. The molecule has 0 aromatic carbocycles. The van der Waals surface area contributed by atoms with Gasteiger partial charge in [-0.3, -0.25) is 0 Å². The summed E-state index contributed by atoms with van der Waals surface area (Å²) in [5.41, 5.74) is 8.09. The summed E-state index contributed by atoms with van der Waals surface area (Å²) in [7, 11) is 1.88. The molecule has 0 fully saturated rings. The number of aryl methyl sites for hydroxylation is 1. The molecule has 0 spiro atoms. The predicted molar refractivity (Wildman–Crippen MR) is 52.5 cm³/mol. The van der Waals surface area contributed by atoms with Gasteiger partial charge in [-0.2, -0.15) is 0 Å². The molecule has 0 aliphatic heterocycles. The molecule has 0 amide bonds. The first-order valence-electron chi connectivity index (χ1n) is 4.36. The number of pyridine rings is 1. The molecule has 0 aliphatic carbocycles. The smallest absolute Gasteiger partial charge is 0.159 e. The highest BCUT2D eigenvalue weighted by Crippen LogP contribution is 2.14. The fourth-order valence-corrected chi connectivity index (χ4v) is 1.34. The number of aliphatic hydroxyl groups is 1. The molecular weight excluding hydrogens is 180 g/mol. The van der Waals surface area contributed by atoms with Crippen LogP contribution in [0.2, 0.25) is 0 Å². The summed E-state index contributed by atoms with van der Waals surface area (Å²) in [5.74, 6) is 0. The van der Waals surface area contributed by atoms with Gasteiger partial charge in [-0.05, 0) is 11.6 Å². The largest absolute Gasteiger partial charge is 0.394 e. The van der Waals surface area contributed by atoms with E-state index in [-0.39, 0.29) is 12.6 Å². The highest BCUT2D eigenvalue weighted by Gasteiger charge is 2.07. The molecule has 2 aromatic heterocycles. The number of rotatable bonds is 2. The Morgan fingerprint density at radius 3 is 3.07 bits per heavy atom. The normalized spacial score (nSPS) is 13.4. The SMILES string of the molecule is Cn1cnc2cc(C(N)CO)cnc21. The van der Waals surface area contributed by atoms with E-state index in [9.17, 15) is 0 Å². The van der Waals surface area contributed by atoms with Gasteiger partial charge >= 0.3 is 0 Å². The van der Waals surface area contributed by atoms with Crippen LogP contribution in [0.25, 0.3) is 11.2 Å². The van der Waals surface area contributed by atoms with Crippen LogP contribution in [0.4, 0.5) is 0 Å². The molecule has 1 atom stereocenters. The van der Waals surface area contributed by atoms with Gasteiger partial charge in [-0.15, -0.1) is 0 Å². The summed E-state index contributed by atoms with van der Waals surface area (Å²) in [6.45, 7) is -0.0833. The summed E-state index contributed by atoms with van der Waals surface area (Å²) in [5, 5.41) is 8.89. The number of aliphatic hydroxyl groups excluding tert-OH is 1. The molecule has 1 unspecified atom stereocenters. The van der Waals surface area contributed by atoms with Crippen molar-refractivity contribution in [1.29, 1.82) is 0 Å². The Kier molecular flexibility index (Phi) is 2.18. The third-order valence-electron chi connectivity index (χ3n) is 2.20. The number of hydrogen-bond donors (Lipinski definition) is 2. The van der Waals surface area contributed by atoms with Crippen LogP contribution in [0.3, 0.4) is 0 Å². The minimum absolute atomic E-state index is 0.0833. The second kappa shape index (κ2) is 3.36. The number of nitrogens with zero attached hydrogens (tertiary/aromatic N) is 3. The quantitative estimate of drug-likeness (QED) is 0.700. The van der Waals surface area contributed by atoms with Gasteiger partial charge in [0.25, 0.3) is 0 Å². The van der Waals surface area contributed by atoms with Crippen molar-refractivity contribution in [1.82, 2.24) is 14.5 Å². The maximum Gasteiger partial charge on any atom is 0.159 e. The standard InChI is InChI=1S/C9H12N4O/c1-13-5-12-8-2-6(7(10)4-14)3-11-9(8)13/h2-3,5,7,14H,4,10H2,1H3. The van der Waals surface area contributed by atoms with E-state index in [1.165, 1.54) is 0 Å². The maximum absolute atomic E-state index is 8.89. The van der Waals surface area contributed by atoms with Crippen LogP contribution < -0.4 is 5.73 Å². The number of nitrogens with two attached hydrogens (primary N) is 1. The van der Waals surface area contributed by atoms with Crippen molar-refractivity contribution in [2.75, 3.05) is 6.61 Å². The average Bonchev–Trinajstić information content (AvgIpc) is 2.59. The second-order valence-electron chi connectivity index (χ2n) is 3.26. The molecule has 2 rings (SSSR count). The summed E-state index contributed by atoms with van der Waals surface area (Å²) >= 11 is 0. The molecular formula is C9H12N4O. The molecule has 5 heteroatoms. The second-order valence-corrected chi connectivity index (χ2v) is 3.26. The van der Waals surface area contributed by atoms with E-state index in [2.05, 4.69) is 9.97 Å². The van der Waals surface area contributed by atoms with Gasteiger partial charge in [0.15, 0.2) is 5.65 Å². The van der Waals surface area contributed by atoms with E-state index < -0.39 is 0 Å². The topological polar surface area (TPSA) is 77.0 Å². The van der Waals surface area contributed by atoms with Crippen LogP contribution in [-0.2, 0) is 7.05 Å². The molecule has 0 radical (unpaired) electrons. The Labute approximate surface area is 81.2 Å².